The molecule has 1 amide bonds. The summed E-state index contributed by atoms with van der Waals surface area (Å²) in [4.78, 5) is 12.1. The summed E-state index contributed by atoms with van der Waals surface area (Å²) < 4.78 is 1.80. The first kappa shape index (κ1) is 15.7. The molecule has 0 aliphatic heterocycles. The Hall–Kier alpha value is -1.36. The van der Waals surface area contributed by atoms with Gasteiger partial charge in [-0.15, -0.1) is 0 Å². The van der Waals surface area contributed by atoms with E-state index in [1.54, 1.807) is 16.9 Å². The van der Waals surface area contributed by atoms with Crippen LogP contribution in [0.5, 0.6) is 0 Å². The quantitative estimate of drug-likeness (QED) is 0.758. The van der Waals surface area contributed by atoms with Crippen molar-refractivity contribution in [2.45, 2.75) is 58.6 Å². The number of hydrogen-bond acceptors (Lipinski definition) is 3. The smallest absolute Gasteiger partial charge is 0.269 e. The molecule has 1 aromatic heterocycles. The fourth-order valence-corrected chi connectivity index (χ4v) is 2.07. The molecule has 1 unspecified atom stereocenters. The van der Waals surface area contributed by atoms with Crippen molar-refractivity contribution in [3.63, 3.8) is 0 Å². The molecule has 0 aromatic carbocycles. The van der Waals surface area contributed by atoms with Gasteiger partial charge in [0.15, 0.2) is 0 Å². The molecule has 0 saturated carbocycles. The summed E-state index contributed by atoms with van der Waals surface area (Å²) in [6.07, 6.45) is 4.51. The fraction of sp³-hybridized carbons (Fsp3) is 0.714. The van der Waals surface area contributed by atoms with Crippen LogP contribution in [-0.4, -0.2) is 33.4 Å². The normalized spacial score (nSPS) is 12.7. The number of nitrogens with one attached hydrogen (secondary N) is 1. The Bertz CT molecular complexity index is 386. The molecule has 5 heteroatoms. The number of nitrogens with zero attached hydrogens (tertiary/aromatic N) is 2. The molecule has 5 nitrogen and oxygen atoms in total. The minimum Gasteiger partial charge on any atom is -0.393 e. The van der Waals surface area contributed by atoms with Crippen LogP contribution < -0.4 is 5.32 Å². The lowest BCUT2D eigenvalue weighted by Gasteiger charge is -2.16. The zero-order chi connectivity index (χ0) is 14.3. The third kappa shape index (κ3) is 4.35. The monoisotopic (exact) mass is 267 g/mol. The summed E-state index contributed by atoms with van der Waals surface area (Å²) in [5.74, 6) is -0.118. The Morgan fingerprint density at radius 3 is 2.63 bits per heavy atom. The molecule has 1 heterocycles. The van der Waals surface area contributed by atoms with Crippen molar-refractivity contribution in [3.8, 4) is 0 Å². The van der Waals surface area contributed by atoms with Gasteiger partial charge < -0.3 is 10.4 Å². The van der Waals surface area contributed by atoms with Gasteiger partial charge in [0, 0.05) is 12.7 Å². The Morgan fingerprint density at radius 1 is 1.37 bits per heavy atom. The summed E-state index contributed by atoms with van der Waals surface area (Å²) in [6, 6.07) is 2.00. The molecule has 0 aliphatic carbocycles. The average molecular weight is 267 g/mol. The fourth-order valence-electron chi connectivity index (χ4n) is 2.07. The highest BCUT2D eigenvalue weighted by atomic mass is 16.3. The molecule has 0 aliphatic rings. The average Bonchev–Trinajstić information content (AvgIpc) is 2.89. The Labute approximate surface area is 115 Å². The van der Waals surface area contributed by atoms with E-state index in [1.807, 2.05) is 6.92 Å². The van der Waals surface area contributed by atoms with Crippen molar-refractivity contribution in [1.29, 1.82) is 0 Å². The number of hydrogen-bond donors (Lipinski definition) is 2. The van der Waals surface area contributed by atoms with Gasteiger partial charge in [0.25, 0.3) is 5.91 Å². The summed E-state index contributed by atoms with van der Waals surface area (Å²) in [5, 5.41) is 16.5. The topological polar surface area (TPSA) is 67.2 Å². The molecule has 1 rings (SSSR count). The van der Waals surface area contributed by atoms with Crippen LogP contribution >= 0.6 is 0 Å². The second-order valence-electron chi connectivity index (χ2n) is 4.74. The van der Waals surface area contributed by atoms with Crippen LogP contribution in [0.25, 0.3) is 0 Å². The van der Waals surface area contributed by atoms with Crippen LogP contribution in [0.1, 0.15) is 63.0 Å². The third-order valence-corrected chi connectivity index (χ3v) is 3.43. The van der Waals surface area contributed by atoms with Gasteiger partial charge in [-0.3, -0.25) is 9.48 Å². The zero-order valence-electron chi connectivity index (χ0n) is 12.1. The van der Waals surface area contributed by atoms with Crippen LogP contribution in [0, 0.1) is 0 Å². The van der Waals surface area contributed by atoms with Gasteiger partial charge in [-0.25, -0.2) is 0 Å². The van der Waals surface area contributed by atoms with Crippen molar-refractivity contribution in [2.24, 2.45) is 0 Å². The maximum absolute atomic E-state index is 12.1. The maximum atomic E-state index is 12.1. The van der Waals surface area contributed by atoms with Gasteiger partial charge in [0.1, 0.15) is 5.69 Å². The number of aliphatic hydroxyl groups excluding tert-OH is 1. The molecule has 1 aromatic rings. The second kappa shape index (κ2) is 7.94. The Balaban J connectivity index is 2.60. The lowest BCUT2D eigenvalue weighted by atomic mass is 10.1. The number of aliphatic hydroxyl groups is 1. The maximum Gasteiger partial charge on any atom is 0.269 e. The summed E-state index contributed by atoms with van der Waals surface area (Å²) in [7, 11) is 0. The van der Waals surface area contributed by atoms with Crippen LogP contribution in [0.2, 0.25) is 0 Å². The van der Waals surface area contributed by atoms with Crippen LogP contribution in [0.15, 0.2) is 12.3 Å². The second-order valence-corrected chi connectivity index (χ2v) is 4.74. The van der Waals surface area contributed by atoms with Gasteiger partial charge in [0.2, 0.25) is 0 Å². The number of aromatic nitrogens is 2. The number of amides is 1. The van der Waals surface area contributed by atoms with Crippen LogP contribution in [0.3, 0.4) is 0 Å². The van der Waals surface area contributed by atoms with Crippen molar-refractivity contribution in [3.05, 3.63) is 18.0 Å². The molecule has 0 saturated heterocycles. The number of rotatable bonds is 8. The molecule has 2 N–H and O–H groups in total. The minimum absolute atomic E-state index is 0.118. The predicted molar refractivity (Wildman–Crippen MR) is 75.1 cm³/mol. The SMILES string of the molecule is CCC(O)CCNC(=O)c1ccnn1C(CC)CC. The molecule has 0 radical (unpaired) electrons. The van der Waals surface area contributed by atoms with E-state index in [4.69, 9.17) is 0 Å². The standard InChI is InChI=1S/C14H25N3O2/c1-4-11(5-2)17-13(8-10-16-17)14(19)15-9-7-12(18)6-3/h8,10-12,18H,4-7,9H2,1-3H3,(H,15,19). The van der Waals surface area contributed by atoms with Gasteiger partial charge in [-0.1, -0.05) is 20.8 Å². The molecular formula is C14H25N3O2. The van der Waals surface area contributed by atoms with E-state index in [9.17, 15) is 9.90 Å². The first-order chi connectivity index (χ1) is 9.13. The first-order valence-corrected chi connectivity index (χ1v) is 7.13. The van der Waals surface area contributed by atoms with E-state index in [2.05, 4.69) is 24.3 Å². The van der Waals surface area contributed by atoms with Crippen molar-refractivity contribution in [1.82, 2.24) is 15.1 Å². The highest BCUT2D eigenvalue weighted by Crippen LogP contribution is 2.16. The lowest BCUT2D eigenvalue weighted by molar-refractivity contribution is 0.0928. The van der Waals surface area contributed by atoms with E-state index < -0.39 is 0 Å². The molecular weight excluding hydrogens is 242 g/mol. The summed E-state index contributed by atoms with van der Waals surface area (Å²) >= 11 is 0. The molecule has 0 bridgehead atoms. The Morgan fingerprint density at radius 2 is 2.05 bits per heavy atom. The molecule has 0 fully saturated rings. The van der Waals surface area contributed by atoms with Gasteiger partial charge in [0.05, 0.1) is 12.1 Å². The van der Waals surface area contributed by atoms with Gasteiger partial charge in [-0.05, 0) is 31.7 Å². The molecule has 108 valence electrons. The third-order valence-electron chi connectivity index (χ3n) is 3.43. The molecule has 19 heavy (non-hydrogen) atoms. The highest BCUT2D eigenvalue weighted by Gasteiger charge is 2.16. The summed E-state index contributed by atoms with van der Waals surface area (Å²) in [6.45, 7) is 6.60. The predicted octanol–water partition coefficient (Wildman–Crippen LogP) is 2.13. The van der Waals surface area contributed by atoms with Crippen LogP contribution in [0.4, 0.5) is 0 Å². The van der Waals surface area contributed by atoms with E-state index in [-0.39, 0.29) is 18.1 Å². The van der Waals surface area contributed by atoms with Gasteiger partial charge in [-0.2, -0.15) is 5.10 Å². The van der Waals surface area contributed by atoms with E-state index in [0.717, 1.165) is 12.8 Å². The number of carbonyl (C=O) groups excluding carboxylic acids is 1. The van der Waals surface area contributed by atoms with E-state index in [0.29, 0.717) is 25.1 Å². The Kier molecular flexibility index (Phi) is 6.56. The van der Waals surface area contributed by atoms with Gasteiger partial charge >= 0.3 is 0 Å². The van der Waals surface area contributed by atoms with Crippen molar-refractivity contribution < 1.29 is 9.90 Å². The van der Waals surface area contributed by atoms with E-state index >= 15 is 0 Å². The van der Waals surface area contributed by atoms with E-state index in [1.165, 1.54) is 0 Å². The first-order valence-electron chi connectivity index (χ1n) is 7.13. The highest BCUT2D eigenvalue weighted by molar-refractivity contribution is 5.92. The molecule has 0 spiro atoms. The zero-order valence-corrected chi connectivity index (χ0v) is 12.1. The lowest BCUT2D eigenvalue weighted by Crippen LogP contribution is -2.30. The largest absolute Gasteiger partial charge is 0.393 e. The van der Waals surface area contributed by atoms with Crippen LogP contribution in [-0.2, 0) is 0 Å². The molecule has 1 atom stereocenters. The van der Waals surface area contributed by atoms with Crippen molar-refractivity contribution in [2.75, 3.05) is 6.54 Å². The van der Waals surface area contributed by atoms with Crippen molar-refractivity contribution >= 4 is 5.91 Å². The number of carbonyl (C=O) groups is 1. The minimum atomic E-state index is -0.343. The summed E-state index contributed by atoms with van der Waals surface area (Å²) in [5.41, 5.74) is 0.597.